The Balaban J connectivity index is 3.60. The average Bonchev–Trinajstić information content (AvgIpc) is 1.81. The van der Waals surface area contributed by atoms with E-state index in [0.717, 1.165) is 6.42 Å². The molecule has 0 aliphatic carbocycles. The van der Waals surface area contributed by atoms with Gasteiger partial charge in [0.25, 0.3) is 0 Å². The fourth-order valence-corrected chi connectivity index (χ4v) is 0.868. The Bertz CT molecular complexity index is 83.7. The lowest BCUT2D eigenvalue weighted by Gasteiger charge is -2.21. The first kappa shape index (κ1) is 9.88. The minimum absolute atomic E-state index is 0.0657. The van der Waals surface area contributed by atoms with Crippen LogP contribution in [0, 0.1) is 0 Å². The highest BCUT2D eigenvalue weighted by atomic mass is 16.5. The van der Waals surface area contributed by atoms with E-state index in [4.69, 9.17) is 16.2 Å². The van der Waals surface area contributed by atoms with Crippen molar-refractivity contribution in [3.63, 3.8) is 0 Å². The third-order valence-corrected chi connectivity index (χ3v) is 1.38. The summed E-state index contributed by atoms with van der Waals surface area (Å²) < 4.78 is 5.31. The first-order chi connectivity index (χ1) is 4.57. The molecule has 0 saturated heterocycles. The Morgan fingerprint density at radius 2 is 1.80 bits per heavy atom. The topological polar surface area (TPSA) is 61.3 Å². The number of rotatable bonds is 4. The molecule has 10 heavy (non-hydrogen) atoms. The molecule has 3 unspecified atom stereocenters. The molecule has 0 heterocycles. The van der Waals surface area contributed by atoms with Crippen LogP contribution < -0.4 is 11.5 Å². The zero-order chi connectivity index (χ0) is 8.15. The van der Waals surface area contributed by atoms with Crippen molar-refractivity contribution in [3.05, 3.63) is 0 Å². The molecular weight excluding hydrogens is 128 g/mol. The van der Waals surface area contributed by atoms with Gasteiger partial charge in [0.2, 0.25) is 0 Å². The molecule has 0 aliphatic heterocycles. The molecule has 3 atom stereocenters. The van der Waals surface area contributed by atoms with Gasteiger partial charge < -0.3 is 16.2 Å². The Morgan fingerprint density at radius 3 is 1.90 bits per heavy atom. The normalized spacial score (nSPS) is 20.1. The van der Waals surface area contributed by atoms with Crippen molar-refractivity contribution in [2.75, 3.05) is 0 Å². The van der Waals surface area contributed by atoms with Crippen molar-refractivity contribution >= 4 is 0 Å². The zero-order valence-corrected chi connectivity index (χ0v) is 7.00. The monoisotopic (exact) mass is 146 g/mol. The lowest BCUT2D eigenvalue weighted by atomic mass is 10.1. The van der Waals surface area contributed by atoms with Crippen molar-refractivity contribution in [1.82, 2.24) is 0 Å². The van der Waals surface area contributed by atoms with Gasteiger partial charge in [-0.1, -0.05) is 6.92 Å². The fourth-order valence-electron chi connectivity index (χ4n) is 0.868. The van der Waals surface area contributed by atoms with Gasteiger partial charge in [0.05, 0.1) is 6.10 Å². The van der Waals surface area contributed by atoms with Gasteiger partial charge in [0, 0.05) is 6.04 Å². The Hall–Kier alpha value is -0.120. The smallest absolute Gasteiger partial charge is 0.103 e. The maximum atomic E-state index is 5.61. The molecule has 0 aromatic heterocycles. The number of nitrogens with two attached hydrogens (primary N) is 2. The molecule has 62 valence electrons. The maximum Gasteiger partial charge on any atom is 0.103 e. The SMILES string of the molecule is CCC(OC(C)N)C(C)N. The Labute approximate surface area is 62.7 Å². The van der Waals surface area contributed by atoms with E-state index in [9.17, 15) is 0 Å². The molecule has 3 nitrogen and oxygen atoms in total. The quantitative estimate of drug-likeness (QED) is 0.565. The summed E-state index contributed by atoms with van der Waals surface area (Å²) in [4.78, 5) is 0. The molecule has 0 aromatic rings. The lowest BCUT2D eigenvalue weighted by molar-refractivity contribution is -0.0113. The molecule has 0 spiro atoms. The highest BCUT2D eigenvalue weighted by Crippen LogP contribution is 2.02. The van der Waals surface area contributed by atoms with Gasteiger partial charge in [-0.15, -0.1) is 0 Å². The molecule has 0 aliphatic rings. The fraction of sp³-hybridized carbons (Fsp3) is 1.00. The predicted octanol–water partition coefficient (Wildman–Crippen LogP) is 0.434. The highest BCUT2D eigenvalue weighted by Gasteiger charge is 2.12. The molecule has 3 heteroatoms. The summed E-state index contributed by atoms with van der Waals surface area (Å²) in [6.07, 6.45) is 0.801. The molecule has 0 amide bonds. The summed E-state index contributed by atoms with van der Waals surface area (Å²) in [5.41, 5.74) is 11.0. The lowest BCUT2D eigenvalue weighted by Crippen LogP contribution is -2.38. The Kier molecular flexibility index (Phi) is 4.60. The van der Waals surface area contributed by atoms with E-state index in [1.54, 1.807) is 0 Å². The second-order valence-electron chi connectivity index (χ2n) is 2.65. The summed E-state index contributed by atoms with van der Waals surface area (Å²) in [6.45, 7) is 5.78. The third kappa shape index (κ3) is 3.82. The van der Waals surface area contributed by atoms with Gasteiger partial charge in [-0.05, 0) is 20.3 Å². The molecule has 0 rings (SSSR count). The largest absolute Gasteiger partial charge is 0.359 e. The molecule has 0 fully saturated rings. The molecule has 0 bridgehead atoms. The second kappa shape index (κ2) is 4.66. The minimum Gasteiger partial charge on any atom is -0.359 e. The van der Waals surface area contributed by atoms with Crippen LogP contribution >= 0.6 is 0 Å². The summed E-state index contributed by atoms with van der Waals surface area (Å²) in [5, 5.41) is 0. The van der Waals surface area contributed by atoms with Crippen molar-refractivity contribution < 1.29 is 4.74 Å². The van der Waals surface area contributed by atoms with E-state index in [1.807, 2.05) is 20.8 Å². The van der Waals surface area contributed by atoms with Gasteiger partial charge in [0.1, 0.15) is 6.23 Å². The van der Waals surface area contributed by atoms with E-state index < -0.39 is 0 Å². The molecular formula is C7H18N2O. The average molecular weight is 146 g/mol. The van der Waals surface area contributed by atoms with Crippen molar-refractivity contribution in [1.29, 1.82) is 0 Å². The third-order valence-electron chi connectivity index (χ3n) is 1.38. The van der Waals surface area contributed by atoms with Crippen LogP contribution in [0.3, 0.4) is 0 Å². The van der Waals surface area contributed by atoms with Crippen LogP contribution in [0.2, 0.25) is 0 Å². The van der Waals surface area contributed by atoms with Gasteiger partial charge in [-0.2, -0.15) is 0 Å². The molecule has 0 saturated carbocycles. The standard InChI is InChI=1S/C7H18N2O/c1-4-7(5(2)8)10-6(3)9/h5-7H,4,8-9H2,1-3H3. The summed E-state index contributed by atoms with van der Waals surface area (Å²) in [6, 6.07) is 0.0657. The van der Waals surface area contributed by atoms with Crippen LogP contribution in [0.1, 0.15) is 27.2 Å². The molecule has 0 aromatic carbocycles. The van der Waals surface area contributed by atoms with E-state index in [2.05, 4.69) is 0 Å². The second-order valence-corrected chi connectivity index (χ2v) is 2.65. The predicted molar refractivity (Wildman–Crippen MR) is 42.5 cm³/mol. The van der Waals surface area contributed by atoms with Gasteiger partial charge in [-0.25, -0.2) is 0 Å². The number of hydrogen-bond donors (Lipinski definition) is 2. The zero-order valence-electron chi connectivity index (χ0n) is 7.00. The van der Waals surface area contributed by atoms with Crippen molar-refractivity contribution in [2.45, 2.75) is 45.6 Å². The van der Waals surface area contributed by atoms with Crippen LogP contribution in [0.15, 0.2) is 0 Å². The van der Waals surface area contributed by atoms with E-state index >= 15 is 0 Å². The van der Waals surface area contributed by atoms with E-state index in [1.165, 1.54) is 0 Å². The Morgan fingerprint density at radius 1 is 1.30 bits per heavy atom. The van der Waals surface area contributed by atoms with E-state index in [0.29, 0.717) is 0 Å². The van der Waals surface area contributed by atoms with Gasteiger partial charge in [-0.3, -0.25) is 0 Å². The van der Waals surface area contributed by atoms with Crippen LogP contribution in [0.4, 0.5) is 0 Å². The first-order valence-electron chi connectivity index (χ1n) is 3.74. The molecule has 0 radical (unpaired) electrons. The minimum atomic E-state index is -0.212. The number of ether oxygens (including phenoxy) is 1. The summed E-state index contributed by atoms with van der Waals surface area (Å²) in [5.74, 6) is 0. The highest BCUT2D eigenvalue weighted by molar-refractivity contribution is 4.66. The van der Waals surface area contributed by atoms with Crippen molar-refractivity contribution in [2.24, 2.45) is 11.5 Å². The van der Waals surface area contributed by atoms with E-state index in [-0.39, 0.29) is 18.4 Å². The van der Waals surface area contributed by atoms with Crippen LogP contribution in [0.5, 0.6) is 0 Å². The van der Waals surface area contributed by atoms with Crippen molar-refractivity contribution in [3.8, 4) is 0 Å². The number of hydrogen-bond acceptors (Lipinski definition) is 3. The van der Waals surface area contributed by atoms with Crippen LogP contribution in [0.25, 0.3) is 0 Å². The van der Waals surface area contributed by atoms with Crippen LogP contribution in [-0.4, -0.2) is 18.4 Å². The van der Waals surface area contributed by atoms with Crippen LogP contribution in [-0.2, 0) is 4.74 Å². The summed E-state index contributed by atoms with van der Waals surface area (Å²) in [7, 11) is 0. The maximum absolute atomic E-state index is 5.61. The molecule has 4 N–H and O–H groups in total. The van der Waals surface area contributed by atoms with Gasteiger partial charge >= 0.3 is 0 Å². The van der Waals surface area contributed by atoms with Gasteiger partial charge in [0.15, 0.2) is 0 Å². The summed E-state index contributed by atoms with van der Waals surface area (Å²) >= 11 is 0. The first-order valence-corrected chi connectivity index (χ1v) is 3.74.